The van der Waals surface area contributed by atoms with E-state index in [1.807, 2.05) is 24.3 Å². The van der Waals surface area contributed by atoms with Gasteiger partial charge in [-0.25, -0.2) is 9.07 Å². The summed E-state index contributed by atoms with van der Waals surface area (Å²) in [6, 6.07) is 13.7. The van der Waals surface area contributed by atoms with E-state index in [4.69, 9.17) is 9.47 Å². The van der Waals surface area contributed by atoms with Crippen LogP contribution in [0.2, 0.25) is 0 Å². The number of amides is 1. The summed E-state index contributed by atoms with van der Waals surface area (Å²) in [6.07, 6.45) is 3.48. The Labute approximate surface area is 173 Å². The summed E-state index contributed by atoms with van der Waals surface area (Å²) in [7, 11) is 0. The van der Waals surface area contributed by atoms with Crippen molar-refractivity contribution in [1.29, 1.82) is 0 Å². The zero-order valence-electron chi connectivity index (χ0n) is 16.4. The van der Waals surface area contributed by atoms with Gasteiger partial charge in [-0.2, -0.15) is 5.10 Å². The second-order valence-electron chi connectivity index (χ2n) is 7.58. The molecule has 0 bridgehead atoms. The quantitative estimate of drug-likeness (QED) is 0.719. The van der Waals surface area contributed by atoms with Gasteiger partial charge in [-0.15, -0.1) is 0 Å². The summed E-state index contributed by atoms with van der Waals surface area (Å²) in [5, 5.41) is 7.55. The van der Waals surface area contributed by atoms with Crippen molar-refractivity contribution >= 4 is 5.91 Å². The van der Waals surface area contributed by atoms with Gasteiger partial charge in [0.05, 0.1) is 12.2 Å². The molecule has 0 saturated carbocycles. The highest BCUT2D eigenvalue weighted by Gasteiger charge is 2.27. The van der Waals surface area contributed by atoms with Crippen LogP contribution in [0, 0.1) is 5.82 Å². The van der Waals surface area contributed by atoms with Gasteiger partial charge < -0.3 is 14.8 Å². The number of halogens is 1. The first-order valence-corrected chi connectivity index (χ1v) is 10.2. The van der Waals surface area contributed by atoms with Crippen LogP contribution in [0.1, 0.15) is 34.6 Å². The number of nitrogens with one attached hydrogen (secondary N) is 1. The number of benzene rings is 2. The van der Waals surface area contributed by atoms with E-state index < -0.39 is 0 Å². The maximum atomic E-state index is 13.3. The molecule has 30 heavy (non-hydrogen) atoms. The predicted octanol–water partition coefficient (Wildman–Crippen LogP) is 3.46. The highest BCUT2D eigenvalue weighted by molar-refractivity contribution is 5.94. The molecule has 0 spiro atoms. The van der Waals surface area contributed by atoms with Gasteiger partial charge in [0.25, 0.3) is 5.91 Å². The third-order valence-corrected chi connectivity index (χ3v) is 5.52. The zero-order chi connectivity index (χ0) is 20.5. The lowest BCUT2D eigenvalue weighted by Gasteiger charge is -2.26. The first kappa shape index (κ1) is 18.7. The summed E-state index contributed by atoms with van der Waals surface area (Å²) in [6.45, 7) is 0.699. The van der Waals surface area contributed by atoms with E-state index in [0.717, 1.165) is 42.6 Å². The van der Waals surface area contributed by atoms with Crippen molar-refractivity contribution in [2.45, 2.75) is 31.8 Å². The number of carbonyl (C=O) groups is 1. The molecule has 0 radical (unpaired) electrons. The minimum atomic E-state index is -0.297. The van der Waals surface area contributed by atoms with E-state index in [9.17, 15) is 9.18 Å². The molecule has 154 valence electrons. The lowest BCUT2D eigenvalue weighted by atomic mass is 9.95. The van der Waals surface area contributed by atoms with Crippen LogP contribution in [0.3, 0.4) is 0 Å². The SMILES string of the molecule is O=C(NC[C@@H]1COc2ccccc2O1)c1nn(-c2ccc(F)cc2)c2c1CCCC2. The van der Waals surface area contributed by atoms with Crippen molar-refractivity contribution in [3.8, 4) is 17.2 Å². The zero-order valence-corrected chi connectivity index (χ0v) is 16.4. The van der Waals surface area contributed by atoms with Gasteiger partial charge in [0.2, 0.25) is 0 Å². The number of nitrogens with zero attached hydrogens (tertiary/aromatic N) is 2. The summed E-state index contributed by atoms with van der Waals surface area (Å²) < 4.78 is 26.7. The number of hydrogen-bond donors (Lipinski definition) is 1. The third-order valence-electron chi connectivity index (χ3n) is 5.52. The maximum absolute atomic E-state index is 13.3. The Hall–Kier alpha value is -3.35. The Balaban J connectivity index is 1.34. The lowest BCUT2D eigenvalue weighted by molar-refractivity contribution is 0.0785. The van der Waals surface area contributed by atoms with Crippen LogP contribution in [0.4, 0.5) is 4.39 Å². The highest BCUT2D eigenvalue weighted by Crippen LogP contribution is 2.31. The van der Waals surface area contributed by atoms with Crippen molar-refractivity contribution < 1.29 is 18.7 Å². The molecule has 1 aromatic heterocycles. The summed E-state index contributed by atoms with van der Waals surface area (Å²) in [5.74, 6) is 0.874. The van der Waals surface area contributed by atoms with Crippen LogP contribution in [0.25, 0.3) is 5.69 Å². The largest absolute Gasteiger partial charge is 0.486 e. The van der Waals surface area contributed by atoms with Crippen molar-refractivity contribution in [2.75, 3.05) is 13.2 Å². The first-order valence-electron chi connectivity index (χ1n) is 10.2. The Morgan fingerprint density at radius 1 is 1.10 bits per heavy atom. The topological polar surface area (TPSA) is 65.4 Å². The van der Waals surface area contributed by atoms with Crippen LogP contribution in [-0.2, 0) is 12.8 Å². The van der Waals surface area contributed by atoms with Crippen LogP contribution >= 0.6 is 0 Å². The number of fused-ring (bicyclic) bond motifs is 2. The van der Waals surface area contributed by atoms with Crippen LogP contribution in [0.5, 0.6) is 11.5 Å². The van der Waals surface area contributed by atoms with Gasteiger partial charge in [0.15, 0.2) is 17.2 Å². The molecule has 6 nitrogen and oxygen atoms in total. The first-order chi connectivity index (χ1) is 14.7. The van der Waals surface area contributed by atoms with Crippen LogP contribution in [-0.4, -0.2) is 34.9 Å². The molecule has 1 aliphatic heterocycles. The molecule has 7 heteroatoms. The van der Waals surface area contributed by atoms with Crippen LogP contribution < -0.4 is 14.8 Å². The standard InChI is InChI=1S/C23H22FN3O3/c24-15-9-11-16(12-10-15)27-19-6-2-1-5-18(19)22(26-27)23(28)25-13-17-14-29-20-7-3-4-8-21(20)30-17/h3-4,7-12,17H,1-2,5-6,13-14H2,(H,25,28)/t17-/m1/s1. The van der Waals surface area contributed by atoms with Gasteiger partial charge >= 0.3 is 0 Å². The molecule has 2 aliphatic rings. The molecule has 2 heterocycles. The van der Waals surface area contributed by atoms with E-state index in [2.05, 4.69) is 10.4 Å². The fourth-order valence-electron chi connectivity index (χ4n) is 4.03. The number of carbonyl (C=O) groups excluding carboxylic acids is 1. The second-order valence-corrected chi connectivity index (χ2v) is 7.58. The summed E-state index contributed by atoms with van der Waals surface area (Å²) in [5.41, 5.74) is 3.21. The summed E-state index contributed by atoms with van der Waals surface area (Å²) in [4.78, 5) is 13.0. The highest BCUT2D eigenvalue weighted by atomic mass is 19.1. The minimum absolute atomic E-state index is 0.225. The van der Waals surface area contributed by atoms with Crippen LogP contribution in [0.15, 0.2) is 48.5 Å². The van der Waals surface area contributed by atoms with Crippen molar-refractivity contribution in [3.05, 3.63) is 71.3 Å². The third kappa shape index (κ3) is 3.51. The van der Waals surface area contributed by atoms with Gasteiger partial charge in [0.1, 0.15) is 18.5 Å². The number of rotatable bonds is 4. The van der Waals surface area contributed by atoms with E-state index in [-0.39, 0.29) is 17.8 Å². The average molecular weight is 407 g/mol. The minimum Gasteiger partial charge on any atom is -0.486 e. The van der Waals surface area contributed by atoms with E-state index in [1.54, 1.807) is 16.8 Å². The molecule has 1 aliphatic carbocycles. The van der Waals surface area contributed by atoms with Gasteiger partial charge in [-0.05, 0) is 62.1 Å². The van der Waals surface area contributed by atoms with E-state index >= 15 is 0 Å². The Bertz CT molecular complexity index is 1080. The van der Waals surface area contributed by atoms with Crippen molar-refractivity contribution in [3.63, 3.8) is 0 Å². The molecule has 1 amide bonds. The van der Waals surface area contributed by atoms with Gasteiger partial charge in [-0.3, -0.25) is 4.79 Å². The lowest BCUT2D eigenvalue weighted by Crippen LogP contribution is -2.41. The Kier molecular flexibility index (Phi) is 4.86. The van der Waals surface area contributed by atoms with Gasteiger partial charge in [-0.1, -0.05) is 12.1 Å². The molecule has 0 unspecified atom stereocenters. The second kappa shape index (κ2) is 7.82. The molecule has 3 aromatic rings. The van der Waals surface area contributed by atoms with Crippen molar-refractivity contribution in [2.24, 2.45) is 0 Å². The molecule has 0 fully saturated rings. The molecular formula is C23H22FN3O3. The number of ether oxygens (including phenoxy) is 2. The molecule has 5 rings (SSSR count). The molecule has 1 N–H and O–H groups in total. The number of para-hydroxylation sites is 2. The molecule has 2 aromatic carbocycles. The van der Waals surface area contributed by atoms with Gasteiger partial charge in [0, 0.05) is 11.3 Å². The summed E-state index contributed by atoms with van der Waals surface area (Å²) >= 11 is 0. The molecular weight excluding hydrogens is 385 g/mol. The average Bonchev–Trinajstić information content (AvgIpc) is 3.18. The van der Waals surface area contributed by atoms with E-state index in [0.29, 0.717) is 30.3 Å². The Morgan fingerprint density at radius 2 is 1.87 bits per heavy atom. The smallest absolute Gasteiger partial charge is 0.272 e. The predicted molar refractivity (Wildman–Crippen MR) is 109 cm³/mol. The molecule has 0 saturated heterocycles. The number of hydrogen-bond acceptors (Lipinski definition) is 4. The Morgan fingerprint density at radius 3 is 2.70 bits per heavy atom. The van der Waals surface area contributed by atoms with E-state index in [1.165, 1.54) is 12.1 Å². The fraction of sp³-hybridized carbons (Fsp3) is 0.304. The normalized spacial score (nSPS) is 17.3. The monoisotopic (exact) mass is 407 g/mol. The maximum Gasteiger partial charge on any atom is 0.272 e. The molecule has 1 atom stereocenters. The van der Waals surface area contributed by atoms with Crippen molar-refractivity contribution in [1.82, 2.24) is 15.1 Å². The fourth-order valence-corrected chi connectivity index (χ4v) is 4.03. The number of aromatic nitrogens is 2.